The van der Waals surface area contributed by atoms with E-state index in [2.05, 4.69) is 4.99 Å². The van der Waals surface area contributed by atoms with Crippen LogP contribution in [0, 0.1) is 0 Å². The molecule has 0 aromatic carbocycles. The molecule has 1 rings (SSSR count). The van der Waals surface area contributed by atoms with Crippen LogP contribution in [-0.2, 0) is 9.31 Å². The molecule has 0 bridgehead atoms. The van der Waals surface area contributed by atoms with Crippen LogP contribution in [-0.4, -0.2) is 31.1 Å². The van der Waals surface area contributed by atoms with Crippen LogP contribution in [0.4, 0.5) is 0 Å². The molecule has 1 saturated heterocycles. The van der Waals surface area contributed by atoms with E-state index in [-0.39, 0.29) is 11.2 Å². The topological polar surface area (TPSA) is 56.8 Å². The zero-order valence-electron chi connectivity index (χ0n) is 10.8. The lowest BCUT2D eigenvalue weighted by Gasteiger charge is -2.32. The molecule has 1 aliphatic rings. The summed E-state index contributed by atoms with van der Waals surface area (Å²) >= 11 is 0. The Morgan fingerprint density at radius 3 is 2.12 bits per heavy atom. The quantitative estimate of drug-likeness (QED) is 0.584. The molecule has 0 aliphatic carbocycles. The fourth-order valence-electron chi connectivity index (χ4n) is 1.36. The normalized spacial score (nSPS) is 24.3. The summed E-state index contributed by atoms with van der Waals surface area (Å²) in [7, 11) is -0.426. The lowest BCUT2D eigenvalue weighted by Crippen LogP contribution is -2.41. The minimum Gasteiger partial charge on any atom is -0.405 e. The van der Waals surface area contributed by atoms with E-state index in [9.17, 15) is 0 Å². The molecular formula is C11H21BN2O2. The van der Waals surface area contributed by atoms with Crippen molar-refractivity contribution < 1.29 is 9.31 Å². The number of aliphatic imine (C=N–C) groups is 1. The average molecular weight is 224 g/mol. The Morgan fingerprint density at radius 1 is 1.25 bits per heavy atom. The van der Waals surface area contributed by atoms with E-state index < -0.39 is 7.12 Å². The highest BCUT2D eigenvalue weighted by Gasteiger charge is 2.52. The highest BCUT2D eigenvalue weighted by Crippen LogP contribution is 2.38. The Morgan fingerprint density at radius 2 is 1.75 bits per heavy atom. The van der Waals surface area contributed by atoms with Gasteiger partial charge in [-0.15, -0.1) is 0 Å². The minimum atomic E-state index is -0.426. The standard InChI is InChI=1S/C11H21BN2O2/c1-6-14-8-9(7-13)12-15-10(2,3)11(4,5)16-12/h7-8H,6,13H2,1-5H3/b9-7+,14-8?. The van der Waals surface area contributed by atoms with Crippen molar-refractivity contribution in [2.24, 2.45) is 10.7 Å². The average Bonchev–Trinajstić information content (AvgIpc) is 2.37. The lowest BCUT2D eigenvalue weighted by atomic mass is 9.79. The molecule has 0 spiro atoms. The van der Waals surface area contributed by atoms with E-state index in [0.717, 1.165) is 12.0 Å². The molecule has 0 atom stereocenters. The van der Waals surface area contributed by atoms with Crippen molar-refractivity contribution >= 4 is 13.3 Å². The molecule has 0 unspecified atom stereocenters. The lowest BCUT2D eigenvalue weighted by molar-refractivity contribution is 0.00578. The zero-order chi connectivity index (χ0) is 12.4. The van der Waals surface area contributed by atoms with Crippen LogP contribution in [0.5, 0.6) is 0 Å². The summed E-state index contributed by atoms with van der Waals surface area (Å²) in [6.07, 6.45) is 3.20. The van der Waals surface area contributed by atoms with Gasteiger partial charge in [-0.05, 0) is 40.8 Å². The van der Waals surface area contributed by atoms with Crippen LogP contribution in [0.25, 0.3) is 0 Å². The molecule has 16 heavy (non-hydrogen) atoms. The summed E-state index contributed by atoms with van der Waals surface area (Å²) in [4.78, 5) is 4.15. The third kappa shape index (κ3) is 2.47. The Balaban J connectivity index is 2.82. The van der Waals surface area contributed by atoms with Gasteiger partial charge in [0.2, 0.25) is 0 Å². The molecule has 90 valence electrons. The third-order valence-corrected chi connectivity index (χ3v) is 3.14. The zero-order valence-corrected chi connectivity index (χ0v) is 10.8. The number of rotatable bonds is 3. The molecule has 0 aromatic rings. The number of allylic oxidation sites excluding steroid dienone is 1. The van der Waals surface area contributed by atoms with Gasteiger partial charge in [-0.2, -0.15) is 0 Å². The predicted octanol–water partition coefficient (Wildman–Crippen LogP) is 1.55. The van der Waals surface area contributed by atoms with Gasteiger partial charge >= 0.3 is 7.12 Å². The molecule has 0 radical (unpaired) electrons. The van der Waals surface area contributed by atoms with Gasteiger partial charge < -0.3 is 15.0 Å². The van der Waals surface area contributed by atoms with Crippen LogP contribution in [0.2, 0.25) is 0 Å². The van der Waals surface area contributed by atoms with Crippen molar-refractivity contribution in [2.75, 3.05) is 6.54 Å². The van der Waals surface area contributed by atoms with E-state index in [4.69, 9.17) is 15.0 Å². The maximum atomic E-state index is 5.85. The molecule has 5 heteroatoms. The number of hydrogen-bond acceptors (Lipinski definition) is 4. The molecular weight excluding hydrogens is 203 g/mol. The Labute approximate surface area is 98.0 Å². The first-order valence-corrected chi connectivity index (χ1v) is 5.61. The molecule has 1 fully saturated rings. The molecule has 1 aliphatic heterocycles. The van der Waals surface area contributed by atoms with Crippen molar-refractivity contribution in [1.82, 2.24) is 0 Å². The Hall–Kier alpha value is -0.805. The van der Waals surface area contributed by atoms with Crippen molar-refractivity contribution in [3.8, 4) is 0 Å². The van der Waals surface area contributed by atoms with Crippen molar-refractivity contribution in [1.29, 1.82) is 0 Å². The number of nitrogens with zero attached hydrogens (tertiary/aromatic N) is 1. The smallest absolute Gasteiger partial charge is 0.405 e. The molecule has 0 saturated carbocycles. The predicted molar refractivity (Wildman–Crippen MR) is 67.4 cm³/mol. The minimum absolute atomic E-state index is 0.341. The SMILES string of the molecule is CCN=C/C(=C\N)B1OC(C)(C)C(C)(C)O1. The summed E-state index contributed by atoms with van der Waals surface area (Å²) in [5, 5.41) is 0. The van der Waals surface area contributed by atoms with Crippen LogP contribution < -0.4 is 5.73 Å². The molecule has 1 heterocycles. The highest BCUT2D eigenvalue weighted by molar-refractivity contribution is 6.60. The first-order valence-electron chi connectivity index (χ1n) is 5.61. The second-order valence-electron chi connectivity index (χ2n) is 4.88. The largest absolute Gasteiger partial charge is 0.497 e. The Bertz CT molecular complexity index is 295. The number of hydrogen-bond donors (Lipinski definition) is 1. The van der Waals surface area contributed by atoms with Gasteiger partial charge in [-0.3, -0.25) is 4.99 Å². The summed E-state index contributed by atoms with van der Waals surface area (Å²) in [6.45, 7) is 10.7. The van der Waals surface area contributed by atoms with Gasteiger partial charge in [0.1, 0.15) is 0 Å². The van der Waals surface area contributed by atoms with Gasteiger partial charge in [-0.1, -0.05) is 0 Å². The van der Waals surface area contributed by atoms with E-state index in [1.54, 1.807) is 6.21 Å². The maximum absolute atomic E-state index is 5.85. The van der Waals surface area contributed by atoms with E-state index in [0.29, 0.717) is 0 Å². The number of nitrogens with two attached hydrogens (primary N) is 1. The monoisotopic (exact) mass is 224 g/mol. The summed E-state index contributed by atoms with van der Waals surface area (Å²) in [5.41, 5.74) is 5.64. The van der Waals surface area contributed by atoms with E-state index in [1.807, 2.05) is 34.6 Å². The van der Waals surface area contributed by atoms with Crippen LogP contribution in [0.1, 0.15) is 34.6 Å². The second kappa shape index (κ2) is 4.59. The molecule has 4 nitrogen and oxygen atoms in total. The first kappa shape index (κ1) is 13.3. The fraction of sp³-hybridized carbons (Fsp3) is 0.727. The van der Waals surface area contributed by atoms with Gasteiger partial charge in [0.05, 0.1) is 11.2 Å². The first-order chi connectivity index (χ1) is 7.34. The maximum Gasteiger partial charge on any atom is 0.497 e. The highest BCUT2D eigenvalue weighted by atomic mass is 16.7. The van der Waals surface area contributed by atoms with Gasteiger partial charge in [-0.25, -0.2) is 0 Å². The Kier molecular flexibility index (Phi) is 3.81. The summed E-state index contributed by atoms with van der Waals surface area (Å²) in [6, 6.07) is 0. The summed E-state index contributed by atoms with van der Waals surface area (Å²) in [5.74, 6) is 0. The molecule has 0 amide bonds. The summed E-state index contributed by atoms with van der Waals surface area (Å²) < 4.78 is 11.7. The van der Waals surface area contributed by atoms with E-state index in [1.165, 1.54) is 6.20 Å². The molecule has 0 aromatic heterocycles. The third-order valence-electron chi connectivity index (χ3n) is 3.14. The van der Waals surface area contributed by atoms with Gasteiger partial charge in [0.15, 0.2) is 0 Å². The van der Waals surface area contributed by atoms with Crippen molar-refractivity contribution in [3.05, 3.63) is 11.7 Å². The van der Waals surface area contributed by atoms with Crippen molar-refractivity contribution in [3.63, 3.8) is 0 Å². The molecule has 2 N–H and O–H groups in total. The van der Waals surface area contributed by atoms with Gasteiger partial charge in [0.25, 0.3) is 0 Å². The van der Waals surface area contributed by atoms with E-state index >= 15 is 0 Å². The second-order valence-corrected chi connectivity index (χ2v) is 4.88. The van der Waals surface area contributed by atoms with Crippen LogP contribution in [0.3, 0.4) is 0 Å². The van der Waals surface area contributed by atoms with Crippen LogP contribution >= 0.6 is 0 Å². The van der Waals surface area contributed by atoms with Crippen LogP contribution in [0.15, 0.2) is 16.7 Å². The van der Waals surface area contributed by atoms with Gasteiger partial charge in [0, 0.05) is 18.2 Å². The fourth-order valence-corrected chi connectivity index (χ4v) is 1.36. The van der Waals surface area contributed by atoms with Crippen molar-refractivity contribution in [2.45, 2.75) is 45.8 Å².